The number of carbonyl (C=O) groups is 2. The van der Waals surface area contributed by atoms with E-state index in [-0.39, 0.29) is 17.4 Å². The van der Waals surface area contributed by atoms with Gasteiger partial charge in [0, 0.05) is 5.56 Å². The number of carboxylic acids is 1. The van der Waals surface area contributed by atoms with E-state index >= 15 is 0 Å². The number of carbonyl (C=O) groups excluding carboxylic acids is 1. The number of nitrogens with one attached hydrogen (secondary N) is 1. The topological polar surface area (TPSA) is 84.9 Å². The first-order valence-corrected chi connectivity index (χ1v) is 8.64. The van der Waals surface area contributed by atoms with Gasteiger partial charge in [0.05, 0.1) is 17.4 Å². The van der Waals surface area contributed by atoms with Crippen LogP contribution in [0, 0.1) is 0 Å². The maximum atomic E-state index is 11.9. The molecule has 0 aromatic heterocycles. The minimum absolute atomic E-state index is 0.0177. The normalized spacial score (nSPS) is 15.6. The second-order valence-corrected chi connectivity index (χ2v) is 6.47. The second-order valence-electron chi connectivity index (χ2n) is 5.47. The zero-order valence-corrected chi connectivity index (χ0v) is 14.1. The van der Waals surface area contributed by atoms with E-state index < -0.39 is 12.1 Å². The zero-order valence-electron chi connectivity index (χ0n) is 13.3. The average molecular weight is 359 g/mol. The Kier molecular flexibility index (Phi) is 5.45. The molecule has 0 spiro atoms. The van der Waals surface area contributed by atoms with Crippen LogP contribution in [0.4, 0.5) is 4.79 Å². The van der Waals surface area contributed by atoms with Crippen LogP contribution in [0.3, 0.4) is 0 Å². The number of amides is 1. The van der Waals surface area contributed by atoms with Gasteiger partial charge in [0.2, 0.25) is 0 Å². The molecule has 1 heterocycles. The van der Waals surface area contributed by atoms with Gasteiger partial charge in [-0.1, -0.05) is 36.4 Å². The summed E-state index contributed by atoms with van der Waals surface area (Å²) < 4.78 is 13.4. The van der Waals surface area contributed by atoms with Crippen molar-refractivity contribution < 1.29 is 24.2 Å². The van der Waals surface area contributed by atoms with Gasteiger partial charge >= 0.3 is 12.1 Å². The van der Waals surface area contributed by atoms with Crippen molar-refractivity contribution in [2.24, 2.45) is 0 Å². The molecular weight excluding hydrogens is 342 g/mol. The third-order valence-electron chi connectivity index (χ3n) is 3.74. The molecule has 25 heavy (non-hydrogen) atoms. The van der Waals surface area contributed by atoms with Crippen molar-refractivity contribution >= 4 is 24.0 Å². The standard InChI is InChI=1S/C18H17NO5S/c20-17(21)13-6-7-14-15(10-13)23-9-8-16(14)25-19-18(22)24-11-12-4-2-1-3-5-12/h1-7,10,16H,8-9,11H2,(H,19,22)(H,20,21)/t16-/m1/s1. The van der Waals surface area contributed by atoms with E-state index in [0.29, 0.717) is 18.8 Å². The van der Waals surface area contributed by atoms with Gasteiger partial charge in [-0.05, 0) is 36.1 Å². The molecule has 6 nitrogen and oxygen atoms in total. The molecule has 0 saturated heterocycles. The van der Waals surface area contributed by atoms with Gasteiger partial charge in [0.25, 0.3) is 0 Å². The van der Waals surface area contributed by atoms with E-state index in [9.17, 15) is 9.59 Å². The molecule has 0 radical (unpaired) electrons. The lowest BCUT2D eigenvalue weighted by Gasteiger charge is -2.25. The van der Waals surface area contributed by atoms with Crippen molar-refractivity contribution in [3.05, 3.63) is 65.2 Å². The highest BCUT2D eigenvalue weighted by atomic mass is 32.2. The van der Waals surface area contributed by atoms with Crippen LogP contribution in [0.15, 0.2) is 48.5 Å². The number of hydrogen-bond acceptors (Lipinski definition) is 5. The highest BCUT2D eigenvalue weighted by Crippen LogP contribution is 2.40. The number of ether oxygens (including phenoxy) is 2. The van der Waals surface area contributed by atoms with E-state index in [0.717, 1.165) is 11.1 Å². The van der Waals surface area contributed by atoms with Crippen LogP contribution < -0.4 is 9.46 Å². The zero-order chi connectivity index (χ0) is 17.6. The maximum Gasteiger partial charge on any atom is 0.417 e. The summed E-state index contributed by atoms with van der Waals surface area (Å²) in [7, 11) is 0. The molecule has 0 saturated carbocycles. The summed E-state index contributed by atoms with van der Waals surface area (Å²) >= 11 is 1.25. The first kappa shape index (κ1) is 17.2. The summed E-state index contributed by atoms with van der Waals surface area (Å²) in [4.78, 5) is 22.9. The van der Waals surface area contributed by atoms with E-state index in [4.69, 9.17) is 14.6 Å². The molecule has 130 valence electrons. The van der Waals surface area contributed by atoms with Crippen LogP contribution in [-0.2, 0) is 11.3 Å². The van der Waals surface area contributed by atoms with Crippen LogP contribution in [-0.4, -0.2) is 23.8 Å². The van der Waals surface area contributed by atoms with Gasteiger partial charge in [0.1, 0.15) is 12.4 Å². The molecule has 2 aromatic carbocycles. The third kappa shape index (κ3) is 4.45. The number of aromatic carboxylic acids is 1. The molecule has 2 N–H and O–H groups in total. The fraction of sp³-hybridized carbons (Fsp3) is 0.222. The van der Waals surface area contributed by atoms with Gasteiger partial charge in [0.15, 0.2) is 0 Å². The Morgan fingerprint density at radius 3 is 2.80 bits per heavy atom. The Labute approximate surface area is 149 Å². The summed E-state index contributed by atoms with van der Waals surface area (Å²) in [6.45, 7) is 0.675. The number of fused-ring (bicyclic) bond motifs is 1. The van der Waals surface area contributed by atoms with Crippen molar-refractivity contribution in [3.8, 4) is 5.75 Å². The van der Waals surface area contributed by atoms with Crippen LogP contribution in [0.2, 0.25) is 0 Å². The van der Waals surface area contributed by atoms with Gasteiger partial charge in [-0.2, -0.15) is 0 Å². The fourth-order valence-corrected chi connectivity index (χ4v) is 3.32. The summed E-state index contributed by atoms with van der Waals surface area (Å²) in [5, 5.41) is 9.03. The minimum atomic E-state index is -0.996. The lowest BCUT2D eigenvalue weighted by Crippen LogP contribution is -2.21. The Balaban J connectivity index is 1.55. The number of rotatable bonds is 5. The summed E-state index contributed by atoms with van der Waals surface area (Å²) in [6.07, 6.45) is 0.201. The Hall–Kier alpha value is -2.67. The second kappa shape index (κ2) is 7.94. The monoisotopic (exact) mass is 359 g/mol. The smallest absolute Gasteiger partial charge is 0.417 e. The lowest BCUT2D eigenvalue weighted by molar-refractivity contribution is 0.0696. The summed E-state index contributed by atoms with van der Waals surface area (Å²) in [5.41, 5.74) is 1.96. The molecule has 0 unspecified atom stereocenters. The summed E-state index contributed by atoms with van der Waals surface area (Å²) in [6, 6.07) is 14.2. The molecule has 0 aliphatic carbocycles. The quantitative estimate of drug-likeness (QED) is 0.790. The molecular formula is C18H17NO5S. The van der Waals surface area contributed by atoms with Crippen molar-refractivity contribution in [2.75, 3.05) is 6.61 Å². The number of hydrogen-bond donors (Lipinski definition) is 2. The Bertz CT molecular complexity index is 765. The minimum Gasteiger partial charge on any atom is -0.493 e. The third-order valence-corrected chi connectivity index (χ3v) is 4.80. The Morgan fingerprint density at radius 2 is 2.04 bits per heavy atom. The van der Waals surface area contributed by atoms with Gasteiger partial charge in [-0.25, -0.2) is 9.59 Å². The first-order valence-electron chi connectivity index (χ1n) is 7.76. The summed E-state index contributed by atoms with van der Waals surface area (Å²) in [5.74, 6) is -0.452. The van der Waals surface area contributed by atoms with Crippen molar-refractivity contribution in [3.63, 3.8) is 0 Å². The molecule has 1 atom stereocenters. The highest BCUT2D eigenvalue weighted by molar-refractivity contribution is 7.98. The predicted octanol–water partition coefficient (Wildman–Crippen LogP) is 3.78. The molecule has 3 rings (SSSR count). The number of carboxylic acid groups (broad SMARTS) is 1. The van der Waals surface area contributed by atoms with Gasteiger partial charge < -0.3 is 14.6 Å². The van der Waals surface area contributed by atoms with E-state index in [2.05, 4.69) is 4.72 Å². The highest BCUT2D eigenvalue weighted by Gasteiger charge is 2.24. The molecule has 2 aromatic rings. The lowest BCUT2D eigenvalue weighted by atomic mass is 10.0. The van der Waals surface area contributed by atoms with Gasteiger partial charge in [-0.15, -0.1) is 0 Å². The molecule has 1 aliphatic rings. The SMILES string of the molecule is O=C(NS[C@@H]1CCOc2cc(C(=O)O)ccc21)OCc1ccccc1. The van der Waals surface area contributed by atoms with Crippen molar-refractivity contribution in [2.45, 2.75) is 18.3 Å². The Morgan fingerprint density at radius 1 is 1.24 bits per heavy atom. The van der Waals surface area contributed by atoms with Crippen LogP contribution >= 0.6 is 11.9 Å². The average Bonchev–Trinajstić information content (AvgIpc) is 2.65. The van der Waals surface area contributed by atoms with E-state index in [1.54, 1.807) is 6.07 Å². The van der Waals surface area contributed by atoms with E-state index in [1.807, 2.05) is 30.3 Å². The molecule has 0 bridgehead atoms. The molecule has 1 amide bonds. The molecule has 1 aliphatic heterocycles. The van der Waals surface area contributed by atoms with Crippen LogP contribution in [0.1, 0.15) is 33.2 Å². The molecule has 0 fully saturated rings. The predicted molar refractivity (Wildman–Crippen MR) is 93.6 cm³/mol. The van der Waals surface area contributed by atoms with E-state index in [1.165, 1.54) is 24.1 Å². The number of benzene rings is 2. The fourth-order valence-electron chi connectivity index (χ4n) is 2.48. The first-order chi connectivity index (χ1) is 12.1. The van der Waals surface area contributed by atoms with Crippen molar-refractivity contribution in [1.29, 1.82) is 0 Å². The maximum absolute atomic E-state index is 11.9. The van der Waals surface area contributed by atoms with Gasteiger partial charge in [-0.3, -0.25) is 4.72 Å². The van der Waals surface area contributed by atoms with Crippen LogP contribution in [0.25, 0.3) is 0 Å². The largest absolute Gasteiger partial charge is 0.493 e. The van der Waals surface area contributed by atoms with Crippen molar-refractivity contribution in [1.82, 2.24) is 4.72 Å². The molecule has 7 heteroatoms. The van der Waals surface area contributed by atoms with Crippen LogP contribution in [0.5, 0.6) is 5.75 Å².